The summed E-state index contributed by atoms with van der Waals surface area (Å²) in [4.78, 5) is 0.378. The molecule has 0 unspecified atom stereocenters. The normalized spacial score (nSPS) is 10.6. The molecule has 0 aliphatic carbocycles. The van der Waals surface area contributed by atoms with Crippen LogP contribution in [0.5, 0.6) is 5.75 Å². The maximum Gasteiger partial charge on any atom is 0.123 e. The fourth-order valence-corrected chi connectivity index (χ4v) is 2.46. The van der Waals surface area contributed by atoms with Crippen LogP contribution in [0, 0.1) is 13.8 Å². The molecular weight excluding hydrogens is 338 g/mol. The standard InChI is InChI=1S/C14H16BrN3OS/c1-8-13(15)9(2)18(17-8)7-11-6-10(14(16)20)4-5-12(11)19-3/h4-6H,7H2,1-3H3,(H2,16,20). The van der Waals surface area contributed by atoms with Gasteiger partial charge in [0.2, 0.25) is 0 Å². The summed E-state index contributed by atoms with van der Waals surface area (Å²) in [5.74, 6) is 0.800. The maximum absolute atomic E-state index is 5.69. The highest BCUT2D eigenvalue weighted by atomic mass is 79.9. The van der Waals surface area contributed by atoms with Crippen molar-refractivity contribution in [2.75, 3.05) is 7.11 Å². The lowest BCUT2D eigenvalue weighted by atomic mass is 10.1. The third kappa shape index (κ3) is 2.86. The Morgan fingerprint density at radius 2 is 2.15 bits per heavy atom. The predicted octanol–water partition coefficient (Wildman–Crippen LogP) is 2.95. The van der Waals surface area contributed by atoms with Gasteiger partial charge in [-0.2, -0.15) is 5.10 Å². The molecule has 2 aromatic rings. The van der Waals surface area contributed by atoms with Crippen LogP contribution in [0.25, 0.3) is 0 Å². The SMILES string of the molecule is COc1ccc(C(N)=S)cc1Cn1nc(C)c(Br)c1C. The minimum atomic E-state index is 0.378. The first-order chi connectivity index (χ1) is 9.43. The molecule has 0 saturated carbocycles. The molecule has 4 nitrogen and oxygen atoms in total. The fraction of sp³-hybridized carbons (Fsp3) is 0.286. The first kappa shape index (κ1) is 15.0. The number of nitrogens with zero attached hydrogens (tertiary/aromatic N) is 2. The summed E-state index contributed by atoms with van der Waals surface area (Å²) >= 11 is 8.55. The number of aryl methyl sites for hydroxylation is 1. The van der Waals surface area contributed by atoms with Crippen molar-refractivity contribution in [2.45, 2.75) is 20.4 Å². The first-order valence-corrected chi connectivity index (χ1v) is 7.30. The molecule has 2 N–H and O–H groups in total. The first-order valence-electron chi connectivity index (χ1n) is 6.10. The van der Waals surface area contributed by atoms with Crippen molar-refractivity contribution in [1.82, 2.24) is 9.78 Å². The summed E-state index contributed by atoms with van der Waals surface area (Å²) in [6, 6.07) is 5.69. The maximum atomic E-state index is 5.69. The summed E-state index contributed by atoms with van der Waals surface area (Å²) < 4.78 is 8.35. The summed E-state index contributed by atoms with van der Waals surface area (Å²) in [7, 11) is 1.65. The van der Waals surface area contributed by atoms with Crippen LogP contribution in [0.2, 0.25) is 0 Å². The molecule has 6 heteroatoms. The number of benzene rings is 1. The molecule has 1 heterocycles. The number of aromatic nitrogens is 2. The highest BCUT2D eigenvalue weighted by molar-refractivity contribution is 9.10. The Hall–Kier alpha value is -1.40. The number of methoxy groups -OCH3 is 1. The Balaban J connectivity index is 2.43. The van der Waals surface area contributed by atoms with E-state index >= 15 is 0 Å². The largest absolute Gasteiger partial charge is 0.496 e. The zero-order valence-electron chi connectivity index (χ0n) is 11.6. The minimum Gasteiger partial charge on any atom is -0.496 e. The van der Waals surface area contributed by atoms with Crippen LogP contribution >= 0.6 is 28.1 Å². The molecular formula is C14H16BrN3OS. The Bertz CT molecular complexity index is 667. The van der Waals surface area contributed by atoms with Gasteiger partial charge < -0.3 is 10.5 Å². The van der Waals surface area contributed by atoms with Gasteiger partial charge in [0.25, 0.3) is 0 Å². The van der Waals surface area contributed by atoms with Crippen LogP contribution in [0.4, 0.5) is 0 Å². The molecule has 0 fully saturated rings. The van der Waals surface area contributed by atoms with Crippen LogP contribution in [-0.4, -0.2) is 21.9 Å². The van der Waals surface area contributed by atoms with Crippen LogP contribution in [0.3, 0.4) is 0 Å². The Labute approximate surface area is 132 Å². The molecule has 2 rings (SSSR count). The van der Waals surface area contributed by atoms with Gasteiger partial charge in [0.1, 0.15) is 10.7 Å². The van der Waals surface area contributed by atoms with Gasteiger partial charge in [0.05, 0.1) is 29.5 Å². The second kappa shape index (κ2) is 5.93. The number of halogens is 1. The van der Waals surface area contributed by atoms with E-state index in [4.69, 9.17) is 22.7 Å². The molecule has 20 heavy (non-hydrogen) atoms. The zero-order chi connectivity index (χ0) is 14.9. The average Bonchev–Trinajstić information content (AvgIpc) is 2.66. The van der Waals surface area contributed by atoms with E-state index in [-0.39, 0.29) is 0 Å². The number of rotatable bonds is 4. The van der Waals surface area contributed by atoms with Gasteiger partial charge in [0, 0.05) is 11.1 Å². The van der Waals surface area contributed by atoms with E-state index in [1.165, 1.54) is 0 Å². The van der Waals surface area contributed by atoms with Crippen molar-refractivity contribution < 1.29 is 4.74 Å². The van der Waals surface area contributed by atoms with E-state index in [0.29, 0.717) is 11.5 Å². The molecule has 1 aromatic carbocycles. The van der Waals surface area contributed by atoms with Gasteiger partial charge in [-0.05, 0) is 48.0 Å². The molecule has 0 aliphatic rings. The summed E-state index contributed by atoms with van der Waals surface area (Å²) in [6.45, 7) is 4.60. The predicted molar refractivity (Wildman–Crippen MR) is 87.4 cm³/mol. The molecule has 0 spiro atoms. The van der Waals surface area contributed by atoms with Crippen LogP contribution in [-0.2, 0) is 6.54 Å². The number of ether oxygens (including phenoxy) is 1. The van der Waals surface area contributed by atoms with Crippen molar-refractivity contribution in [1.29, 1.82) is 0 Å². The quantitative estimate of drug-likeness (QED) is 0.858. The molecule has 0 bridgehead atoms. The monoisotopic (exact) mass is 353 g/mol. The number of hydrogen-bond acceptors (Lipinski definition) is 3. The molecule has 1 aromatic heterocycles. The summed E-state index contributed by atoms with van der Waals surface area (Å²) in [5, 5.41) is 4.51. The molecule has 106 valence electrons. The minimum absolute atomic E-state index is 0.378. The lowest BCUT2D eigenvalue weighted by Gasteiger charge is -2.11. The third-order valence-corrected chi connectivity index (χ3v) is 4.56. The number of thiocarbonyl (C=S) groups is 1. The van der Waals surface area contributed by atoms with E-state index < -0.39 is 0 Å². The molecule has 0 atom stereocenters. The molecule has 0 saturated heterocycles. The van der Waals surface area contributed by atoms with Gasteiger partial charge >= 0.3 is 0 Å². The van der Waals surface area contributed by atoms with Gasteiger partial charge in [-0.1, -0.05) is 12.2 Å². The number of nitrogens with two attached hydrogens (primary N) is 1. The van der Waals surface area contributed by atoms with Crippen molar-refractivity contribution in [3.63, 3.8) is 0 Å². The van der Waals surface area contributed by atoms with Crippen LogP contribution in [0.1, 0.15) is 22.5 Å². The smallest absolute Gasteiger partial charge is 0.123 e. The Kier molecular flexibility index (Phi) is 4.45. The van der Waals surface area contributed by atoms with Crippen molar-refractivity contribution in [2.24, 2.45) is 5.73 Å². The van der Waals surface area contributed by atoms with E-state index in [9.17, 15) is 0 Å². The van der Waals surface area contributed by atoms with Crippen molar-refractivity contribution >= 4 is 33.1 Å². The highest BCUT2D eigenvalue weighted by Crippen LogP contribution is 2.24. The van der Waals surface area contributed by atoms with Gasteiger partial charge in [-0.3, -0.25) is 4.68 Å². The van der Waals surface area contributed by atoms with E-state index in [0.717, 1.165) is 32.7 Å². The van der Waals surface area contributed by atoms with E-state index in [2.05, 4.69) is 21.0 Å². The van der Waals surface area contributed by atoms with Gasteiger partial charge in [0.15, 0.2) is 0 Å². The van der Waals surface area contributed by atoms with Crippen LogP contribution < -0.4 is 10.5 Å². The van der Waals surface area contributed by atoms with E-state index in [1.807, 2.05) is 36.7 Å². The lowest BCUT2D eigenvalue weighted by molar-refractivity contribution is 0.407. The Morgan fingerprint density at radius 3 is 2.65 bits per heavy atom. The molecule has 0 aliphatic heterocycles. The third-order valence-electron chi connectivity index (χ3n) is 3.18. The van der Waals surface area contributed by atoms with Gasteiger partial charge in [-0.25, -0.2) is 0 Å². The average molecular weight is 354 g/mol. The summed E-state index contributed by atoms with van der Waals surface area (Å²) in [6.07, 6.45) is 0. The Morgan fingerprint density at radius 1 is 1.45 bits per heavy atom. The topological polar surface area (TPSA) is 53.1 Å². The van der Waals surface area contributed by atoms with Gasteiger partial charge in [-0.15, -0.1) is 0 Å². The number of hydrogen-bond donors (Lipinski definition) is 1. The van der Waals surface area contributed by atoms with Crippen molar-refractivity contribution in [3.05, 3.63) is 45.2 Å². The lowest BCUT2D eigenvalue weighted by Crippen LogP contribution is -2.11. The highest BCUT2D eigenvalue weighted by Gasteiger charge is 2.12. The molecule has 0 radical (unpaired) electrons. The van der Waals surface area contributed by atoms with Crippen molar-refractivity contribution in [3.8, 4) is 5.75 Å². The second-order valence-corrected chi connectivity index (χ2v) is 5.77. The van der Waals surface area contributed by atoms with E-state index in [1.54, 1.807) is 7.11 Å². The zero-order valence-corrected chi connectivity index (χ0v) is 14.0. The second-order valence-electron chi connectivity index (χ2n) is 4.53. The van der Waals surface area contributed by atoms with Crippen LogP contribution in [0.15, 0.2) is 22.7 Å². The fourth-order valence-electron chi connectivity index (χ4n) is 2.05. The molecule has 0 amide bonds. The summed E-state index contributed by atoms with van der Waals surface area (Å²) in [5.41, 5.74) is 9.55.